The predicted molar refractivity (Wildman–Crippen MR) is 121 cm³/mol. The van der Waals surface area contributed by atoms with Gasteiger partial charge in [0.05, 0.1) is 18.9 Å². The summed E-state index contributed by atoms with van der Waals surface area (Å²) in [4.78, 5) is 0. The van der Waals surface area contributed by atoms with Crippen LogP contribution in [0.3, 0.4) is 0 Å². The molecule has 0 saturated carbocycles. The van der Waals surface area contributed by atoms with Gasteiger partial charge < -0.3 is 14.4 Å². The number of unbranched alkanes of at least 4 members (excludes halogenated alkanes) is 1. The first-order valence-corrected chi connectivity index (χ1v) is 11.9. The molecule has 0 aliphatic heterocycles. The Morgan fingerprint density at radius 1 is 0.862 bits per heavy atom. The average molecular weight is 408 g/mol. The molecule has 1 N–H and O–H groups in total. The minimum Gasteiger partial charge on any atom is -0.497 e. The minimum absolute atomic E-state index is 0.402. The maximum absolute atomic E-state index is 14.8. The molecule has 0 unspecified atom stereocenters. The second-order valence-corrected chi connectivity index (χ2v) is 10.3. The number of rotatable bonds is 9. The van der Waals surface area contributed by atoms with E-state index in [1.54, 1.807) is 7.11 Å². The molecular formula is C25H29O3P. The molecule has 3 aromatic rings. The SMILES string of the molecule is CCCC[C@H]([C@@H](O)c1ccc(OC)cc1)P(=O)(c1ccccc1)c1ccccc1. The van der Waals surface area contributed by atoms with Gasteiger partial charge in [-0.3, -0.25) is 0 Å². The van der Waals surface area contributed by atoms with Gasteiger partial charge >= 0.3 is 0 Å². The summed E-state index contributed by atoms with van der Waals surface area (Å²) in [5.41, 5.74) is 0.361. The van der Waals surface area contributed by atoms with Crippen LogP contribution in [0.25, 0.3) is 0 Å². The average Bonchev–Trinajstić information content (AvgIpc) is 2.80. The van der Waals surface area contributed by atoms with E-state index in [2.05, 4.69) is 6.92 Å². The van der Waals surface area contributed by atoms with E-state index in [0.717, 1.165) is 34.8 Å². The van der Waals surface area contributed by atoms with Gasteiger partial charge in [-0.1, -0.05) is 92.6 Å². The highest BCUT2D eigenvalue weighted by atomic mass is 31.2. The maximum Gasteiger partial charge on any atom is 0.149 e. The zero-order valence-corrected chi connectivity index (χ0v) is 18.0. The second kappa shape index (κ2) is 9.91. The summed E-state index contributed by atoms with van der Waals surface area (Å²) in [5, 5.41) is 13.0. The van der Waals surface area contributed by atoms with E-state index >= 15 is 0 Å². The maximum atomic E-state index is 14.8. The Morgan fingerprint density at radius 2 is 1.38 bits per heavy atom. The Labute approximate surface area is 173 Å². The molecule has 0 amide bonds. The molecule has 3 nitrogen and oxygen atoms in total. The van der Waals surface area contributed by atoms with E-state index in [1.807, 2.05) is 84.9 Å². The standard InChI is InChI=1S/C25H29O3P/c1-3-4-15-24(25(26)20-16-18-21(28-2)19-17-20)29(27,22-11-7-5-8-12-22)23-13-9-6-10-14-23/h5-14,16-19,24-26H,3-4,15H2,1-2H3/t24-,25+/m1/s1. The normalized spacial score (nSPS) is 13.6. The number of aliphatic hydroxyl groups is 1. The van der Waals surface area contributed by atoms with E-state index in [0.29, 0.717) is 6.42 Å². The van der Waals surface area contributed by atoms with Gasteiger partial charge in [0.1, 0.15) is 12.9 Å². The van der Waals surface area contributed by atoms with Crippen molar-refractivity contribution >= 4 is 17.8 Å². The van der Waals surface area contributed by atoms with Gasteiger partial charge in [0.15, 0.2) is 0 Å². The zero-order chi connectivity index (χ0) is 20.7. The van der Waals surface area contributed by atoms with Crippen molar-refractivity contribution in [3.63, 3.8) is 0 Å². The first-order chi connectivity index (χ1) is 14.1. The lowest BCUT2D eigenvalue weighted by molar-refractivity contribution is 0.166. The number of ether oxygens (including phenoxy) is 1. The molecule has 0 spiro atoms. The zero-order valence-electron chi connectivity index (χ0n) is 17.1. The van der Waals surface area contributed by atoms with E-state index < -0.39 is 18.9 Å². The lowest BCUT2D eigenvalue weighted by atomic mass is 10.0. The molecule has 3 aromatic carbocycles. The molecule has 4 heteroatoms. The van der Waals surface area contributed by atoms with Gasteiger partial charge in [0.25, 0.3) is 0 Å². The highest BCUT2D eigenvalue weighted by molar-refractivity contribution is 7.79. The van der Waals surface area contributed by atoms with E-state index in [9.17, 15) is 9.67 Å². The fraction of sp³-hybridized carbons (Fsp3) is 0.280. The molecule has 0 fully saturated rings. The summed E-state index contributed by atoms with van der Waals surface area (Å²) >= 11 is 0. The molecule has 0 aromatic heterocycles. The summed E-state index contributed by atoms with van der Waals surface area (Å²) in [5.74, 6) is 0.736. The largest absolute Gasteiger partial charge is 0.497 e. The molecule has 0 aliphatic carbocycles. The lowest BCUT2D eigenvalue weighted by Gasteiger charge is -2.32. The minimum atomic E-state index is -3.09. The monoisotopic (exact) mass is 408 g/mol. The van der Waals surface area contributed by atoms with Crippen molar-refractivity contribution in [1.29, 1.82) is 0 Å². The summed E-state index contributed by atoms with van der Waals surface area (Å²) in [7, 11) is -1.47. The fourth-order valence-electron chi connectivity index (χ4n) is 3.81. The number of aliphatic hydroxyl groups excluding tert-OH is 1. The molecule has 152 valence electrons. The summed E-state index contributed by atoms with van der Waals surface area (Å²) in [6.45, 7) is 2.12. The van der Waals surface area contributed by atoms with Crippen molar-refractivity contribution in [3.05, 3.63) is 90.5 Å². The third-order valence-electron chi connectivity index (χ3n) is 5.42. The molecule has 0 saturated heterocycles. The van der Waals surface area contributed by atoms with Crippen LogP contribution in [0.4, 0.5) is 0 Å². The van der Waals surface area contributed by atoms with Gasteiger partial charge in [0, 0.05) is 10.6 Å². The van der Waals surface area contributed by atoms with Crippen LogP contribution in [0.15, 0.2) is 84.9 Å². The van der Waals surface area contributed by atoms with Crippen molar-refractivity contribution in [2.75, 3.05) is 7.11 Å². The molecule has 0 radical (unpaired) electrons. The van der Waals surface area contributed by atoms with E-state index in [4.69, 9.17) is 4.74 Å². The quantitative estimate of drug-likeness (QED) is 0.489. The number of methoxy groups -OCH3 is 1. The first kappa shape index (κ1) is 21.4. The molecule has 0 heterocycles. The lowest BCUT2D eigenvalue weighted by Crippen LogP contribution is -2.30. The fourth-order valence-corrected chi connectivity index (χ4v) is 7.22. The van der Waals surface area contributed by atoms with Gasteiger partial charge in [-0.2, -0.15) is 0 Å². The Morgan fingerprint density at radius 3 is 1.83 bits per heavy atom. The van der Waals surface area contributed by atoms with E-state index in [-0.39, 0.29) is 0 Å². The Balaban J connectivity index is 2.12. The molecule has 29 heavy (non-hydrogen) atoms. The molecule has 2 atom stereocenters. The van der Waals surface area contributed by atoms with Crippen LogP contribution in [0.5, 0.6) is 5.75 Å². The number of hydrogen-bond donors (Lipinski definition) is 1. The Hall–Kier alpha value is -2.35. The van der Waals surface area contributed by atoms with Crippen molar-refractivity contribution in [2.24, 2.45) is 0 Å². The van der Waals surface area contributed by atoms with E-state index in [1.165, 1.54) is 0 Å². The number of benzene rings is 3. The van der Waals surface area contributed by atoms with Crippen LogP contribution in [-0.2, 0) is 4.57 Å². The Bertz CT molecular complexity index is 880. The van der Waals surface area contributed by atoms with Gasteiger partial charge in [-0.05, 0) is 24.1 Å². The van der Waals surface area contributed by atoms with Gasteiger partial charge in [-0.15, -0.1) is 0 Å². The predicted octanol–water partition coefficient (Wildman–Crippen LogP) is 5.30. The summed E-state index contributed by atoms with van der Waals surface area (Å²) in [6, 6.07) is 26.6. The van der Waals surface area contributed by atoms with Crippen molar-refractivity contribution in [3.8, 4) is 5.75 Å². The van der Waals surface area contributed by atoms with Crippen LogP contribution in [0.2, 0.25) is 0 Å². The highest BCUT2D eigenvalue weighted by Gasteiger charge is 2.40. The third-order valence-corrected chi connectivity index (χ3v) is 9.03. The smallest absolute Gasteiger partial charge is 0.149 e. The summed E-state index contributed by atoms with van der Waals surface area (Å²) < 4.78 is 20.0. The molecule has 0 bridgehead atoms. The van der Waals surface area contributed by atoms with Crippen LogP contribution < -0.4 is 15.3 Å². The highest BCUT2D eigenvalue weighted by Crippen LogP contribution is 2.54. The van der Waals surface area contributed by atoms with Crippen LogP contribution in [0, 0.1) is 0 Å². The van der Waals surface area contributed by atoms with Crippen LogP contribution in [0.1, 0.15) is 37.9 Å². The topological polar surface area (TPSA) is 46.5 Å². The van der Waals surface area contributed by atoms with Crippen molar-refractivity contribution in [2.45, 2.75) is 37.9 Å². The molecule has 0 aliphatic rings. The molecule has 3 rings (SSSR count). The van der Waals surface area contributed by atoms with Crippen LogP contribution in [-0.4, -0.2) is 17.9 Å². The number of hydrogen-bond acceptors (Lipinski definition) is 3. The van der Waals surface area contributed by atoms with Gasteiger partial charge in [0.2, 0.25) is 0 Å². The first-order valence-electron chi connectivity index (χ1n) is 10.1. The summed E-state index contributed by atoms with van der Waals surface area (Å²) in [6.07, 6.45) is 1.74. The van der Waals surface area contributed by atoms with Crippen molar-refractivity contribution in [1.82, 2.24) is 0 Å². The second-order valence-electron chi connectivity index (χ2n) is 7.26. The van der Waals surface area contributed by atoms with Crippen molar-refractivity contribution < 1.29 is 14.4 Å². The Kier molecular flexibility index (Phi) is 7.30. The van der Waals surface area contributed by atoms with Crippen LogP contribution >= 0.6 is 7.14 Å². The van der Waals surface area contributed by atoms with Gasteiger partial charge in [-0.25, -0.2) is 0 Å². The third kappa shape index (κ3) is 4.63. The molecular weight excluding hydrogens is 379 g/mol.